The quantitative estimate of drug-likeness (QED) is 0.775. The second-order valence-electron chi connectivity index (χ2n) is 3.24. The SMILES string of the molecule is Cc1cc(C(O)C(O)C(=O)O)ccc1Br. The molecule has 2 atom stereocenters. The van der Waals surface area contributed by atoms with E-state index in [0.717, 1.165) is 10.0 Å². The van der Waals surface area contributed by atoms with Crippen molar-refractivity contribution in [3.8, 4) is 0 Å². The third-order valence-electron chi connectivity index (χ3n) is 2.08. The summed E-state index contributed by atoms with van der Waals surface area (Å²) in [6, 6.07) is 4.89. The van der Waals surface area contributed by atoms with Crippen molar-refractivity contribution in [1.82, 2.24) is 0 Å². The van der Waals surface area contributed by atoms with Gasteiger partial charge in [0.2, 0.25) is 0 Å². The Morgan fingerprint density at radius 2 is 2.00 bits per heavy atom. The number of rotatable bonds is 3. The highest BCUT2D eigenvalue weighted by Gasteiger charge is 2.25. The highest BCUT2D eigenvalue weighted by atomic mass is 79.9. The van der Waals surface area contributed by atoms with Gasteiger partial charge in [-0.1, -0.05) is 28.1 Å². The molecular formula is C10H11BrO4. The van der Waals surface area contributed by atoms with Crippen LogP contribution in [0.15, 0.2) is 22.7 Å². The number of benzene rings is 1. The molecule has 1 aromatic carbocycles. The first kappa shape index (κ1) is 12.2. The van der Waals surface area contributed by atoms with E-state index in [2.05, 4.69) is 15.9 Å². The predicted octanol–water partition coefficient (Wildman–Crippen LogP) is 1.24. The minimum absolute atomic E-state index is 0.380. The van der Waals surface area contributed by atoms with Crippen molar-refractivity contribution < 1.29 is 20.1 Å². The van der Waals surface area contributed by atoms with Gasteiger partial charge >= 0.3 is 5.97 Å². The number of aryl methyl sites for hydroxylation is 1. The summed E-state index contributed by atoms with van der Waals surface area (Å²) in [5.74, 6) is -1.44. The first-order chi connectivity index (χ1) is 6.93. The van der Waals surface area contributed by atoms with E-state index < -0.39 is 18.2 Å². The van der Waals surface area contributed by atoms with Gasteiger partial charge in [-0.25, -0.2) is 4.79 Å². The summed E-state index contributed by atoms with van der Waals surface area (Å²) in [4.78, 5) is 10.4. The van der Waals surface area contributed by atoms with Gasteiger partial charge in [-0.3, -0.25) is 0 Å². The van der Waals surface area contributed by atoms with Crippen LogP contribution in [0.3, 0.4) is 0 Å². The number of aliphatic carboxylic acids is 1. The number of carboxylic acid groups (broad SMARTS) is 1. The number of hydrogen-bond acceptors (Lipinski definition) is 3. The maximum atomic E-state index is 10.4. The molecule has 0 amide bonds. The van der Waals surface area contributed by atoms with Gasteiger partial charge in [-0.15, -0.1) is 0 Å². The second-order valence-corrected chi connectivity index (χ2v) is 4.09. The van der Waals surface area contributed by atoms with E-state index in [1.807, 2.05) is 6.92 Å². The molecular weight excluding hydrogens is 264 g/mol. The monoisotopic (exact) mass is 274 g/mol. The summed E-state index contributed by atoms with van der Waals surface area (Å²) >= 11 is 3.28. The third-order valence-corrected chi connectivity index (χ3v) is 2.97. The zero-order chi connectivity index (χ0) is 11.6. The van der Waals surface area contributed by atoms with Crippen molar-refractivity contribution in [3.05, 3.63) is 33.8 Å². The van der Waals surface area contributed by atoms with E-state index in [1.54, 1.807) is 18.2 Å². The standard InChI is InChI=1S/C10H11BrO4/c1-5-4-6(2-3-7(5)11)8(12)9(13)10(14)15/h2-4,8-9,12-13H,1H3,(H,14,15). The van der Waals surface area contributed by atoms with Crippen molar-refractivity contribution >= 4 is 21.9 Å². The molecule has 0 aliphatic rings. The molecule has 0 fully saturated rings. The normalized spacial score (nSPS) is 14.7. The highest BCUT2D eigenvalue weighted by molar-refractivity contribution is 9.10. The molecule has 3 N–H and O–H groups in total. The Morgan fingerprint density at radius 3 is 2.47 bits per heavy atom. The number of hydrogen-bond donors (Lipinski definition) is 3. The summed E-state index contributed by atoms with van der Waals surface area (Å²) in [6.45, 7) is 1.81. The van der Waals surface area contributed by atoms with Crippen LogP contribution < -0.4 is 0 Å². The zero-order valence-electron chi connectivity index (χ0n) is 8.01. The Labute approximate surface area is 95.3 Å². The smallest absolute Gasteiger partial charge is 0.335 e. The Balaban J connectivity index is 2.96. The van der Waals surface area contributed by atoms with Gasteiger partial charge in [0, 0.05) is 4.47 Å². The molecule has 1 rings (SSSR count). The van der Waals surface area contributed by atoms with Crippen molar-refractivity contribution in [2.75, 3.05) is 0 Å². The zero-order valence-corrected chi connectivity index (χ0v) is 9.60. The molecule has 15 heavy (non-hydrogen) atoms. The lowest BCUT2D eigenvalue weighted by molar-refractivity contribution is -0.153. The van der Waals surface area contributed by atoms with Crippen molar-refractivity contribution in [1.29, 1.82) is 0 Å². The van der Waals surface area contributed by atoms with Crippen LogP contribution in [0.5, 0.6) is 0 Å². The van der Waals surface area contributed by atoms with Crippen LogP contribution in [0.4, 0.5) is 0 Å². The van der Waals surface area contributed by atoms with Gasteiger partial charge in [0.15, 0.2) is 6.10 Å². The Hall–Kier alpha value is -0.910. The van der Waals surface area contributed by atoms with E-state index in [4.69, 9.17) is 10.2 Å². The Kier molecular flexibility index (Phi) is 3.84. The molecule has 0 aromatic heterocycles. The van der Waals surface area contributed by atoms with Gasteiger partial charge in [-0.05, 0) is 24.1 Å². The average molecular weight is 275 g/mol. The number of carbonyl (C=O) groups is 1. The van der Waals surface area contributed by atoms with Crippen LogP contribution in [-0.2, 0) is 4.79 Å². The lowest BCUT2D eigenvalue weighted by Gasteiger charge is -2.15. The largest absolute Gasteiger partial charge is 0.479 e. The van der Waals surface area contributed by atoms with Crippen molar-refractivity contribution in [3.63, 3.8) is 0 Å². The van der Waals surface area contributed by atoms with E-state index >= 15 is 0 Å². The number of aliphatic hydroxyl groups excluding tert-OH is 2. The molecule has 2 unspecified atom stereocenters. The molecule has 0 aliphatic heterocycles. The molecule has 0 aliphatic carbocycles. The predicted molar refractivity (Wildman–Crippen MR) is 57.5 cm³/mol. The van der Waals surface area contributed by atoms with E-state index in [9.17, 15) is 9.90 Å². The molecule has 1 aromatic rings. The van der Waals surface area contributed by atoms with Crippen LogP contribution in [0.1, 0.15) is 17.2 Å². The lowest BCUT2D eigenvalue weighted by Crippen LogP contribution is -2.27. The first-order valence-electron chi connectivity index (χ1n) is 4.28. The van der Waals surface area contributed by atoms with Crippen LogP contribution >= 0.6 is 15.9 Å². The van der Waals surface area contributed by atoms with Gasteiger partial charge in [-0.2, -0.15) is 0 Å². The summed E-state index contributed by atoms with van der Waals surface area (Å²) in [6.07, 6.45) is -3.21. The molecule has 5 heteroatoms. The summed E-state index contributed by atoms with van der Waals surface area (Å²) in [7, 11) is 0. The first-order valence-corrected chi connectivity index (χ1v) is 5.07. The van der Waals surface area contributed by atoms with Crippen LogP contribution in [-0.4, -0.2) is 27.4 Å². The lowest BCUT2D eigenvalue weighted by atomic mass is 10.0. The maximum absolute atomic E-state index is 10.4. The Bertz CT molecular complexity index is 378. The molecule has 0 bridgehead atoms. The maximum Gasteiger partial charge on any atom is 0.335 e. The average Bonchev–Trinajstić information content (AvgIpc) is 2.19. The van der Waals surface area contributed by atoms with Crippen molar-refractivity contribution in [2.45, 2.75) is 19.1 Å². The number of carboxylic acids is 1. The molecule has 0 saturated carbocycles. The minimum atomic E-state index is -1.80. The highest BCUT2D eigenvalue weighted by Crippen LogP contribution is 2.23. The molecule has 0 spiro atoms. The van der Waals surface area contributed by atoms with Gasteiger partial charge < -0.3 is 15.3 Å². The molecule has 0 radical (unpaired) electrons. The van der Waals surface area contributed by atoms with Crippen LogP contribution in [0.25, 0.3) is 0 Å². The van der Waals surface area contributed by atoms with Gasteiger partial charge in [0.1, 0.15) is 6.10 Å². The van der Waals surface area contributed by atoms with E-state index in [-0.39, 0.29) is 0 Å². The van der Waals surface area contributed by atoms with Crippen LogP contribution in [0.2, 0.25) is 0 Å². The summed E-state index contributed by atoms with van der Waals surface area (Å²) in [5.41, 5.74) is 1.25. The van der Waals surface area contributed by atoms with Crippen molar-refractivity contribution in [2.24, 2.45) is 0 Å². The van der Waals surface area contributed by atoms with E-state index in [1.165, 1.54) is 0 Å². The number of halogens is 1. The fourth-order valence-corrected chi connectivity index (χ4v) is 1.42. The topological polar surface area (TPSA) is 77.8 Å². The third kappa shape index (κ3) is 2.77. The fraction of sp³-hybridized carbons (Fsp3) is 0.300. The molecule has 4 nitrogen and oxygen atoms in total. The fourth-order valence-electron chi connectivity index (χ4n) is 1.17. The summed E-state index contributed by atoms with van der Waals surface area (Å²) < 4.78 is 0.864. The summed E-state index contributed by atoms with van der Waals surface area (Å²) in [5, 5.41) is 27.2. The second kappa shape index (κ2) is 4.74. The number of aliphatic hydroxyl groups is 2. The minimum Gasteiger partial charge on any atom is -0.479 e. The van der Waals surface area contributed by atoms with Gasteiger partial charge in [0.25, 0.3) is 0 Å². The molecule has 0 heterocycles. The molecule has 82 valence electrons. The Morgan fingerprint density at radius 1 is 1.40 bits per heavy atom. The van der Waals surface area contributed by atoms with E-state index in [0.29, 0.717) is 5.56 Å². The van der Waals surface area contributed by atoms with Gasteiger partial charge in [0.05, 0.1) is 0 Å². The molecule has 0 saturated heterocycles. The van der Waals surface area contributed by atoms with Crippen LogP contribution in [0, 0.1) is 6.92 Å².